The van der Waals surface area contributed by atoms with Gasteiger partial charge in [0.2, 0.25) is 0 Å². The van der Waals surface area contributed by atoms with Crippen LogP contribution in [0.4, 0.5) is 0 Å². The molecule has 302 valence electrons. The van der Waals surface area contributed by atoms with Gasteiger partial charge in [-0.1, -0.05) is 140 Å². The number of quaternary nitrogens is 1. The molecule has 0 rings (SSSR count). The van der Waals surface area contributed by atoms with Crippen molar-refractivity contribution in [3.63, 3.8) is 0 Å². The summed E-state index contributed by atoms with van der Waals surface area (Å²) in [6.45, 7) is 4.25. The summed E-state index contributed by atoms with van der Waals surface area (Å²) in [6, 6.07) is 0. The third-order valence-electron chi connectivity index (χ3n) is 8.37. The van der Waals surface area contributed by atoms with Crippen LogP contribution in [0.15, 0.2) is 48.6 Å². The normalized spacial score (nSPS) is 14.2. The number of allylic oxidation sites excluding steroid dienone is 8. The Kier molecular flexibility index (Phi) is 33.4. The second-order valence-electron chi connectivity index (χ2n) is 14.6. The van der Waals surface area contributed by atoms with E-state index in [2.05, 4.69) is 62.5 Å². The van der Waals surface area contributed by atoms with Crippen LogP contribution in [0.2, 0.25) is 0 Å². The van der Waals surface area contributed by atoms with E-state index < -0.39 is 32.5 Å². The van der Waals surface area contributed by atoms with Crippen molar-refractivity contribution < 1.29 is 42.1 Å². The minimum atomic E-state index is -4.37. The minimum Gasteiger partial charge on any atom is -0.462 e. The zero-order valence-electron chi connectivity index (χ0n) is 33.8. The fourth-order valence-electron chi connectivity index (χ4n) is 5.18. The number of hydrogen-bond acceptors (Lipinski definition) is 7. The first kappa shape index (κ1) is 50.0. The van der Waals surface area contributed by atoms with E-state index in [9.17, 15) is 19.0 Å². The predicted octanol–water partition coefficient (Wildman–Crippen LogP) is 11.1. The molecule has 0 aromatic heterocycles. The molecular formula is C42H77NO8P+. The van der Waals surface area contributed by atoms with E-state index in [1.165, 1.54) is 51.4 Å². The lowest BCUT2D eigenvalue weighted by Gasteiger charge is -2.24. The molecule has 0 radical (unpaired) electrons. The van der Waals surface area contributed by atoms with E-state index in [1.807, 2.05) is 21.1 Å². The summed E-state index contributed by atoms with van der Waals surface area (Å²) >= 11 is 0. The van der Waals surface area contributed by atoms with Crippen LogP contribution in [-0.2, 0) is 32.7 Å². The standard InChI is InChI=1S/C42H76NO8P/c1-6-8-10-12-14-16-18-19-20-21-22-23-25-26-28-30-32-34-41(44)48-38-40(39-50-52(46,47)49-37-36-43(3,4)5)51-42(45)35-33-31-29-27-24-17-15-13-11-9-7-2/h8,10,14,16,19-20,22-23,40H,6-7,9,11-13,15,17-18,21,24-39H2,1-5H3/p+1/b10-8-,16-14-,20-19-,23-22-/t40-/m1/s1. The fourth-order valence-corrected chi connectivity index (χ4v) is 5.92. The Bertz CT molecular complexity index is 1030. The quantitative estimate of drug-likeness (QED) is 0.0221. The molecule has 0 saturated heterocycles. The smallest absolute Gasteiger partial charge is 0.462 e. The minimum absolute atomic E-state index is 0.0268. The van der Waals surface area contributed by atoms with Gasteiger partial charge in [-0.05, 0) is 51.4 Å². The first-order chi connectivity index (χ1) is 25.0. The van der Waals surface area contributed by atoms with Gasteiger partial charge < -0.3 is 18.9 Å². The topological polar surface area (TPSA) is 108 Å². The SMILES string of the molecule is CC/C=C\C/C=C\C/C=C\C/C=C\CCCCCCC(=O)OC[C@H](COP(=O)(O)OCC[N+](C)(C)C)OC(=O)CCCCCCCCCCCCC. The van der Waals surface area contributed by atoms with Crippen LogP contribution in [0.25, 0.3) is 0 Å². The van der Waals surface area contributed by atoms with Crippen LogP contribution in [0.3, 0.4) is 0 Å². The van der Waals surface area contributed by atoms with Crippen molar-refractivity contribution in [2.75, 3.05) is 47.5 Å². The van der Waals surface area contributed by atoms with E-state index >= 15 is 0 Å². The van der Waals surface area contributed by atoms with Gasteiger partial charge in [0, 0.05) is 12.8 Å². The Morgan fingerprint density at radius 1 is 0.615 bits per heavy atom. The summed E-state index contributed by atoms with van der Waals surface area (Å²) in [4.78, 5) is 35.2. The Hall–Kier alpha value is -2.03. The summed E-state index contributed by atoms with van der Waals surface area (Å²) < 4.78 is 34.2. The number of rotatable bonds is 36. The maximum atomic E-state index is 12.6. The fraction of sp³-hybridized carbons (Fsp3) is 0.762. The van der Waals surface area contributed by atoms with Gasteiger partial charge in [0.25, 0.3) is 0 Å². The Balaban J connectivity index is 4.43. The monoisotopic (exact) mass is 755 g/mol. The summed E-state index contributed by atoms with van der Waals surface area (Å²) in [5, 5.41) is 0. The zero-order chi connectivity index (χ0) is 38.6. The lowest BCUT2D eigenvalue weighted by Crippen LogP contribution is -2.37. The second-order valence-corrected chi connectivity index (χ2v) is 16.1. The molecule has 0 spiro atoms. The summed E-state index contributed by atoms with van der Waals surface area (Å²) in [5.41, 5.74) is 0. The van der Waals surface area contributed by atoms with Gasteiger partial charge in [0.05, 0.1) is 27.7 Å². The van der Waals surface area contributed by atoms with E-state index in [0.29, 0.717) is 23.9 Å². The molecule has 1 N–H and O–H groups in total. The molecule has 9 nitrogen and oxygen atoms in total. The molecule has 52 heavy (non-hydrogen) atoms. The highest BCUT2D eigenvalue weighted by Gasteiger charge is 2.27. The third-order valence-corrected chi connectivity index (χ3v) is 9.36. The van der Waals surface area contributed by atoms with Crippen LogP contribution >= 0.6 is 7.82 Å². The maximum absolute atomic E-state index is 12.6. The second kappa shape index (κ2) is 34.7. The molecule has 0 aromatic carbocycles. The van der Waals surface area contributed by atoms with Crippen molar-refractivity contribution >= 4 is 19.8 Å². The zero-order valence-corrected chi connectivity index (χ0v) is 34.7. The lowest BCUT2D eigenvalue weighted by atomic mass is 10.1. The van der Waals surface area contributed by atoms with Crippen LogP contribution in [0, 0.1) is 0 Å². The molecule has 2 atom stereocenters. The van der Waals surface area contributed by atoms with Gasteiger partial charge in [-0.25, -0.2) is 4.57 Å². The Labute approximate surface area is 318 Å². The van der Waals surface area contributed by atoms with Crippen molar-refractivity contribution in [1.29, 1.82) is 0 Å². The number of esters is 2. The molecule has 0 fully saturated rings. The number of carbonyl (C=O) groups excluding carboxylic acids is 2. The number of phosphoric ester groups is 1. The molecule has 0 aliphatic rings. The summed E-state index contributed by atoms with van der Waals surface area (Å²) in [7, 11) is 1.46. The highest BCUT2D eigenvalue weighted by molar-refractivity contribution is 7.47. The van der Waals surface area contributed by atoms with E-state index in [0.717, 1.165) is 64.2 Å². The number of likely N-dealkylation sites (N-methyl/N-ethyl adjacent to an activating group) is 1. The first-order valence-corrected chi connectivity index (χ1v) is 21.9. The highest BCUT2D eigenvalue weighted by Crippen LogP contribution is 2.43. The van der Waals surface area contributed by atoms with Crippen LogP contribution < -0.4 is 0 Å². The van der Waals surface area contributed by atoms with Gasteiger partial charge >= 0.3 is 19.8 Å². The van der Waals surface area contributed by atoms with Crippen LogP contribution in [0.5, 0.6) is 0 Å². The molecule has 1 unspecified atom stereocenters. The van der Waals surface area contributed by atoms with Crippen LogP contribution in [0.1, 0.15) is 155 Å². The molecule has 0 amide bonds. The number of carbonyl (C=O) groups is 2. The molecule has 0 aromatic rings. The number of hydrogen-bond donors (Lipinski definition) is 1. The molecule has 0 heterocycles. The van der Waals surface area contributed by atoms with Gasteiger partial charge in [-0.3, -0.25) is 18.6 Å². The van der Waals surface area contributed by atoms with Gasteiger partial charge in [-0.15, -0.1) is 0 Å². The van der Waals surface area contributed by atoms with Crippen molar-refractivity contribution in [2.45, 2.75) is 161 Å². The van der Waals surface area contributed by atoms with Crippen molar-refractivity contribution in [3.8, 4) is 0 Å². The average Bonchev–Trinajstić information content (AvgIpc) is 3.09. The van der Waals surface area contributed by atoms with Gasteiger partial charge in [0.1, 0.15) is 19.8 Å². The highest BCUT2D eigenvalue weighted by atomic mass is 31.2. The van der Waals surface area contributed by atoms with Crippen molar-refractivity contribution in [2.24, 2.45) is 0 Å². The first-order valence-electron chi connectivity index (χ1n) is 20.4. The van der Waals surface area contributed by atoms with Gasteiger partial charge in [0.15, 0.2) is 6.10 Å². The van der Waals surface area contributed by atoms with Crippen molar-refractivity contribution in [3.05, 3.63) is 48.6 Å². The molecule has 10 heteroatoms. The molecule has 0 saturated carbocycles. The molecule has 0 aliphatic heterocycles. The Morgan fingerprint density at radius 3 is 1.63 bits per heavy atom. The predicted molar refractivity (Wildman–Crippen MR) is 215 cm³/mol. The Morgan fingerprint density at radius 2 is 1.10 bits per heavy atom. The average molecular weight is 755 g/mol. The van der Waals surface area contributed by atoms with Crippen LogP contribution in [-0.4, -0.2) is 74.9 Å². The van der Waals surface area contributed by atoms with Gasteiger partial charge in [-0.2, -0.15) is 0 Å². The van der Waals surface area contributed by atoms with Crippen molar-refractivity contribution in [1.82, 2.24) is 0 Å². The number of ether oxygens (including phenoxy) is 2. The number of nitrogens with zero attached hydrogens (tertiary/aromatic N) is 1. The largest absolute Gasteiger partial charge is 0.472 e. The van der Waals surface area contributed by atoms with E-state index in [1.54, 1.807) is 0 Å². The lowest BCUT2D eigenvalue weighted by molar-refractivity contribution is -0.870. The summed E-state index contributed by atoms with van der Waals surface area (Å²) in [6.07, 6.45) is 38.7. The number of unbranched alkanes of at least 4 members (excludes halogenated alkanes) is 14. The molecule has 0 aliphatic carbocycles. The third kappa shape index (κ3) is 37.7. The molecule has 0 bridgehead atoms. The number of phosphoric acid groups is 1. The summed E-state index contributed by atoms with van der Waals surface area (Å²) in [5.74, 6) is -0.829. The molecular weight excluding hydrogens is 677 g/mol. The van der Waals surface area contributed by atoms with E-state index in [4.69, 9.17) is 18.5 Å². The maximum Gasteiger partial charge on any atom is 0.472 e. The van der Waals surface area contributed by atoms with E-state index in [-0.39, 0.29) is 26.1 Å².